The van der Waals surface area contributed by atoms with Crippen LogP contribution in [-0.2, 0) is 6.61 Å². The average Bonchev–Trinajstić information content (AvgIpc) is 3.25. The summed E-state index contributed by atoms with van der Waals surface area (Å²) in [7, 11) is 0. The highest BCUT2D eigenvalue weighted by Gasteiger charge is 2.16. The zero-order valence-corrected chi connectivity index (χ0v) is 13.2. The molecule has 24 heavy (non-hydrogen) atoms. The minimum Gasteiger partial charge on any atom is -0.484 e. The molecule has 1 aliphatic rings. The molecule has 0 fully saturated rings. The third-order valence-corrected chi connectivity index (χ3v) is 3.46. The quantitative estimate of drug-likeness (QED) is 0.790. The van der Waals surface area contributed by atoms with Gasteiger partial charge in [-0.1, -0.05) is 6.92 Å². The van der Waals surface area contributed by atoms with Gasteiger partial charge < -0.3 is 29.1 Å². The number of ether oxygens (including phenoxy) is 3. The molecule has 2 N–H and O–H groups in total. The van der Waals surface area contributed by atoms with Gasteiger partial charge >= 0.3 is 0 Å². The molecule has 3 rings (SSSR count). The molecule has 0 saturated heterocycles. The maximum absolute atomic E-state index is 11.9. The molecule has 0 saturated carbocycles. The van der Waals surface area contributed by atoms with Gasteiger partial charge in [-0.15, -0.1) is 0 Å². The monoisotopic (exact) mass is 334 g/mol. The van der Waals surface area contributed by atoms with Crippen molar-refractivity contribution < 1.29 is 28.5 Å². The van der Waals surface area contributed by atoms with Crippen LogP contribution < -0.4 is 19.5 Å². The van der Waals surface area contributed by atoms with Crippen LogP contribution in [0.5, 0.6) is 17.2 Å². The van der Waals surface area contributed by atoms with Crippen LogP contribution in [0.3, 0.4) is 0 Å². The zero-order valence-electron chi connectivity index (χ0n) is 13.2. The summed E-state index contributed by atoms with van der Waals surface area (Å²) in [6, 6.07) is 5.21. The van der Waals surface area contributed by atoms with E-state index in [-0.39, 0.29) is 31.5 Å². The molecule has 2 aromatic rings. The van der Waals surface area contributed by atoms with E-state index in [0.29, 0.717) is 23.7 Å². The molecule has 0 aliphatic carbocycles. The number of carbonyl (C=O) groups excluding carboxylic acids is 1. The Morgan fingerprint density at radius 2 is 2.25 bits per heavy atom. The van der Waals surface area contributed by atoms with Gasteiger partial charge in [0.1, 0.15) is 12.0 Å². The second-order valence-electron chi connectivity index (χ2n) is 5.20. The summed E-state index contributed by atoms with van der Waals surface area (Å²) in [6.45, 7) is 2.28. The number of benzene rings is 1. The first kappa shape index (κ1) is 16.1. The number of oxazole rings is 1. The topological polar surface area (TPSA) is 103 Å². The molecule has 8 nitrogen and oxygen atoms in total. The molecule has 1 atom stereocenters. The lowest BCUT2D eigenvalue weighted by molar-refractivity contribution is 0.0909. The highest BCUT2D eigenvalue weighted by atomic mass is 16.7. The fraction of sp³-hybridized carbons (Fsp3) is 0.375. The molecule has 1 amide bonds. The Morgan fingerprint density at radius 1 is 1.42 bits per heavy atom. The van der Waals surface area contributed by atoms with Gasteiger partial charge in [0, 0.05) is 12.6 Å². The van der Waals surface area contributed by atoms with Crippen molar-refractivity contribution >= 4 is 5.91 Å². The predicted octanol–water partition coefficient (Wildman–Crippen LogP) is 1.48. The summed E-state index contributed by atoms with van der Waals surface area (Å²) < 4.78 is 21.3. The molecule has 1 unspecified atom stereocenters. The lowest BCUT2D eigenvalue weighted by Gasteiger charge is -2.07. The van der Waals surface area contributed by atoms with Crippen molar-refractivity contribution in [3.05, 3.63) is 36.0 Å². The van der Waals surface area contributed by atoms with E-state index in [1.54, 1.807) is 18.2 Å². The highest BCUT2D eigenvalue weighted by Crippen LogP contribution is 2.35. The van der Waals surface area contributed by atoms with E-state index in [1.807, 2.05) is 6.92 Å². The van der Waals surface area contributed by atoms with Gasteiger partial charge in [-0.05, 0) is 18.6 Å². The van der Waals surface area contributed by atoms with Crippen LogP contribution in [0.25, 0.3) is 0 Å². The average molecular weight is 334 g/mol. The zero-order chi connectivity index (χ0) is 16.9. The van der Waals surface area contributed by atoms with Crippen LogP contribution >= 0.6 is 0 Å². The van der Waals surface area contributed by atoms with Crippen LogP contribution in [-0.4, -0.2) is 35.4 Å². The SMILES string of the molecule is CCC(O)CNC(=O)c1coc(COc2ccc3c(c2)OCO3)n1. The van der Waals surface area contributed by atoms with Gasteiger partial charge in [-0.25, -0.2) is 4.98 Å². The van der Waals surface area contributed by atoms with Crippen molar-refractivity contribution in [1.82, 2.24) is 10.3 Å². The maximum atomic E-state index is 11.9. The predicted molar refractivity (Wildman–Crippen MR) is 82.0 cm³/mol. The Kier molecular flexibility index (Phi) is 4.85. The summed E-state index contributed by atoms with van der Waals surface area (Å²) >= 11 is 0. The number of aliphatic hydroxyl groups excluding tert-OH is 1. The van der Waals surface area contributed by atoms with E-state index in [4.69, 9.17) is 18.6 Å². The number of amides is 1. The van der Waals surface area contributed by atoms with Gasteiger partial charge in [0.05, 0.1) is 6.10 Å². The normalized spacial score (nSPS) is 13.6. The second kappa shape index (κ2) is 7.22. The molecular formula is C16H18N2O6. The van der Waals surface area contributed by atoms with Crippen molar-refractivity contribution in [3.63, 3.8) is 0 Å². The Balaban J connectivity index is 1.53. The molecule has 0 radical (unpaired) electrons. The molecule has 0 spiro atoms. The fourth-order valence-corrected chi connectivity index (χ4v) is 2.04. The van der Waals surface area contributed by atoms with Crippen molar-refractivity contribution in [3.8, 4) is 17.2 Å². The lowest BCUT2D eigenvalue weighted by atomic mass is 10.3. The smallest absolute Gasteiger partial charge is 0.273 e. The van der Waals surface area contributed by atoms with Gasteiger partial charge in [0.15, 0.2) is 23.8 Å². The molecule has 128 valence electrons. The van der Waals surface area contributed by atoms with Crippen LogP contribution in [0.15, 0.2) is 28.9 Å². The van der Waals surface area contributed by atoms with Crippen molar-refractivity contribution in [2.75, 3.05) is 13.3 Å². The Morgan fingerprint density at radius 3 is 3.08 bits per heavy atom. The van der Waals surface area contributed by atoms with E-state index in [9.17, 15) is 9.90 Å². The number of rotatable bonds is 7. The lowest BCUT2D eigenvalue weighted by Crippen LogP contribution is -2.31. The van der Waals surface area contributed by atoms with Gasteiger partial charge in [0.2, 0.25) is 12.7 Å². The summed E-state index contributed by atoms with van der Waals surface area (Å²) in [4.78, 5) is 15.9. The maximum Gasteiger partial charge on any atom is 0.273 e. The van der Waals surface area contributed by atoms with Crippen LogP contribution in [0, 0.1) is 0 Å². The standard InChI is InChI=1S/C16H18N2O6/c1-2-10(19)6-17-16(20)12-7-22-15(18-12)8-21-11-3-4-13-14(5-11)24-9-23-13/h3-5,7,10,19H,2,6,8-9H2,1H3,(H,17,20). The summed E-state index contributed by atoms with van der Waals surface area (Å²) in [5.41, 5.74) is 0.141. The molecule has 2 heterocycles. The van der Waals surface area contributed by atoms with Crippen molar-refractivity contribution in [2.24, 2.45) is 0 Å². The first-order valence-electron chi connectivity index (χ1n) is 7.59. The Labute approximate surface area is 138 Å². The number of nitrogens with one attached hydrogen (secondary N) is 1. The number of carbonyl (C=O) groups is 1. The number of nitrogens with zero attached hydrogens (tertiary/aromatic N) is 1. The molecule has 1 aliphatic heterocycles. The third-order valence-electron chi connectivity index (χ3n) is 3.46. The minimum atomic E-state index is -0.574. The van der Waals surface area contributed by atoms with E-state index in [0.717, 1.165) is 0 Å². The number of hydrogen-bond donors (Lipinski definition) is 2. The second-order valence-corrected chi connectivity index (χ2v) is 5.20. The van der Waals surface area contributed by atoms with Gasteiger partial charge in [-0.2, -0.15) is 0 Å². The first-order chi connectivity index (χ1) is 11.7. The summed E-state index contributed by atoms with van der Waals surface area (Å²) in [5, 5.41) is 12.0. The molecule has 8 heteroatoms. The van der Waals surface area contributed by atoms with Crippen LogP contribution in [0.2, 0.25) is 0 Å². The van der Waals surface area contributed by atoms with Gasteiger partial charge in [-0.3, -0.25) is 4.79 Å². The Hall–Kier alpha value is -2.74. The third kappa shape index (κ3) is 3.77. The molecular weight excluding hydrogens is 316 g/mol. The van der Waals surface area contributed by atoms with Crippen LogP contribution in [0.1, 0.15) is 29.7 Å². The molecule has 0 bridgehead atoms. The fourth-order valence-electron chi connectivity index (χ4n) is 2.04. The Bertz CT molecular complexity index is 714. The van der Waals surface area contributed by atoms with E-state index in [2.05, 4.69) is 10.3 Å². The minimum absolute atomic E-state index is 0.0739. The van der Waals surface area contributed by atoms with Crippen molar-refractivity contribution in [2.45, 2.75) is 26.1 Å². The van der Waals surface area contributed by atoms with Crippen LogP contribution in [0.4, 0.5) is 0 Å². The van der Waals surface area contributed by atoms with Gasteiger partial charge in [0.25, 0.3) is 5.91 Å². The van der Waals surface area contributed by atoms with E-state index < -0.39 is 12.0 Å². The number of aromatic nitrogens is 1. The summed E-state index contributed by atoms with van der Waals surface area (Å²) in [6.07, 6.45) is 1.24. The first-order valence-corrected chi connectivity index (χ1v) is 7.59. The van der Waals surface area contributed by atoms with E-state index >= 15 is 0 Å². The summed E-state index contributed by atoms with van der Waals surface area (Å²) in [5.74, 6) is 1.74. The number of fused-ring (bicyclic) bond motifs is 1. The molecule has 1 aromatic carbocycles. The number of hydrogen-bond acceptors (Lipinski definition) is 7. The largest absolute Gasteiger partial charge is 0.484 e. The van der Waals surface area contributed by atoms with Crippen molar-refractivity contribution in [1.29, 1.82) is 0 Å². The molecule has 1 aromatic heterocycles. The number of aliphatic hydroxyl groups is 1. The highest BCUT2D eigenvalue weighted by molar-refractivity contribution is 5.91. The van der Waals surface area contributed by atoms with E-state index in [1.165, 1.54) is 6.26 Å².